The van der Waals surface area contributed by atoms with Crippen molar-refractivity contribution in [1.29, 1.82) is 0 Å². The zero-order valence-electron chi connectivity index (χ0n) is 12.1. The summed E-state index contributed by atoms with van der Waals surface area (Å²) >= 11 is 0. The maximum Gasteiger partial charge on any atom is 0.251 e. The van der Waals surface area contributed by atoms with Crippen molar-refractivity contribution in [2.75, 3.05) is 18.0 Å². The van der Waals surface area contributed by atoms with Crippen LogP contribution < -0.4 is 10.6 Å². The molecule has 0 spiro atoms. The summed E-state index contributed by atoms with van der Waals surface area (Å²) in [5, 5.41) is 4.84. The lowest BCUT2D eigenvalue weighted by Gasteiger charge is -2.40. The van der Waals surface area contributed by atoms with Gasteiger partial charge in [-0.1, -0.05) is 0 Å². The summed E-state index contributed by atoms with van der Waals surface area (Å²) in [7, 11) is 0. The molecule has 0 aliphatic carbocycles. The first-order chi connectivity index (χ1) is 11.1. The number of primary amides is 1. The average Bonchev–Trinajstić information content (AvgIpc) is 2.96. The Morgan fingerprint density at radius 1 is 1.30 bits per heavy atom. The molecule has 0 bridgehead atoms. The van der Waals surface area contributed by atoms with Crippen LogP contribution in [-0.4, -0.2) is 38.7 Å². The molecule has 3 heterocycles. The van der Waals surface area contributed by atoms with Crippen LogP contribution in [0.1, 0.15) is 16.4 Å². The summed E-state index contributed by atoms with van der Waals surface area (Å²) in [5.74, 6) is -0.110. The average molecular weight is 312 g/mol. The standard InChI is InChI=1S/C15H13FN6O/c16-10-1-2-13-12(3-10)15(19-8-18-13)21-6-11(7-21)22-5-9(4-20-22)14(17)23/h1-5,8,11H,6-7H2,(H2,17,23). The minimum absolute atomic E-state index is 0.127. The van der Waals surface area contributed by atoms with E-state index < -0.39 is 5.91 Å². The van der Waals surface area contributed by atoms with Crippen LogP contribution in [-0.2, 0) is 0 Å². The summed E-state index contributed by atoms with van der Waals surface area (Å²) in [6.45, 7) is 1.34. The summed E-state index contributed by atoms with van der Waals surface area (Å²) in [6.07, 6.45) is 4.57. The predicted molar refractivity (Wildman–Crippen MR) is 81.5 cm³/mol. The van der Waals surface area contributed by atoms with Gasteiger partial charge in [0.25, 0.3) is 5.91 Å². The number of hydrogen-bond acceptors (Lipinski definition) is 5. The Morgan fingerprint density at radius 2 is 2.13 bits per heavy atom. The number of anilines is 1. The highest BCUT2D eigenvalue weighted by atomic mass is 19.1. The second kappa shape index (κ2) is 5.01. The third kappa shape index (κ3) is 2.28. The SMILES string of the molecule is NC(=O)c1cnn(C2CN(c3ncnc4ccc(F)cc34)C2)c1. The number of nitrogens with zero attached hydrogens (tertiary/aromatic N) is 5. The fourth-order valence-corrected chi connectivity index (χ4v) is 2.73. The van der Waals surface area contributed by atoms with E-state index in [4.69, 9.17) is 5.73 Å². The summed E-state index contributed by atoms with van der Waals surface area (Å²) in [4.78, 5) is 21.6. The third-order valence-electron chi connectivity index (χ3n) is 4.00. The first kappa shape index (κ1) is 13.6. The summed E-state index contributed by atoms with van der Waals surface area (Å²) in [6, 6.07) is 4.59. The first-order valence-corrected chi connectivity index (χ1v) is 7.11. The van der Waals surface area contributed by atoms with E-state index in [1.807, 2.05) is 4.90 Å². The molecule has 0 saturated carbocycles. The summed E-state index contributed by atoms with van der Waals surface area (Å²) in [5.41, 5.74) is 6.32. The first-order valence-electron chi connectivity index (χ1n) is 7.11. The van der Waals surface area contributed by atoms with Crippen LogP contribution in [0.2, 0.25) is 0 Å². The van der Waals surface area contributed by atoms with Gasteiger partial charge < -0.3 is 10.6 Å². The topological polar surface area (TPSA) is 89.9 Å². The molecule has 0 unspecified atom stereocenters. The molecule has 7 nitrogen and oxygen atoms in total. The molecule has 3 aromatic rings. The lowest BCUT2D eigenvalue weighted by molar-refractivity contribution is 0.1000. The Bertz CT molecular complexity index is 902. The molecule has 2 aromatic heterocycles. The molecule has 8 heteroatoms. The van der Waals surface area contributed by atoms with Crippen molar-refractivity contribution in [3.63, 3.8) is 0 Å². The van der Waals surface area contributed by atoms with E-state index in [-0.39, 0.29) is 11.9 Å². The normalized spacial score (nSPS) is 14.9. The number of carbonyl (C=O) groups is 1. The number of hydrogen-bond donors (Lipinski definition) is 1. The summed E-state index contributed by atoms with van der Waals surface area (Å²) < 4.78 is 15.2. The maximum atomic E-state index is 13.5. The molecule has 23 heavy (non-hydrogen) atoms. The van der Waals surface area contributed by atoms with Crippen molar-refractivity contribution < 1.29 is 9.18 Å². The number of benzene rings is 1. The number of rotatable bonds is 3. The van der Waals surface area contributed by atoms with Gasteiger partial charge in [-0.25, -0.2) is 14.4 Å². The Labute approximate surface area is 130 Å². The molecule has 1 fully saturated rings. The van der Waals surface area contributed by atoms with Crippen LogP contribution in [0.5, 0.6) is 0 Å². The number of nitrogens with two attached hydrogens (primary N) is 1. The lowest BCUT2D eigenvalue weighted by atomic mass is 10.1. The number of halogens is 1. The smallest absolute Gasteiger partial charge is 0.251 e. The van der Waals surface area contributed by atoms with Gasteiger partial charge in [0.1, 0.15) is 18.0 Å². The monoisotopic (exact) mass is 312 g/mol. The van der Waals surface area contributed by atoms with Crippen LogP contribution in [0.3, 0.4) is 0 Å². The molecule has 1 aromatic carbocycles. The van der Waals surface area contributed by atoms with Crippen molar-refractivity contribution in [1.82, 2.24) is 19.7 Å². The van der Waals surface area contributed by atoms with E-state index >= 15 is 0 Å². The second-order valence-electron chi connectivity index (χ2n) is 5.49. The Balaban J connectivity index is 1.58. The van der Waals surface area contributed by atoms with E-state index in [0.29, 0.717) is 35.4 Å². The van der Waals surface area contributed by atoms with Crippen molar-refractivity contribution >= 4 is 22.6 Å². The molecular formula is C15H13FN6O. The highest BCUT2D eigenvalue weighted by Gasteiger charge is 2.31. The van der Waals surface area contributed by atoms with Crippen molar-refractivity contribution in [3.05, 3.63) is 48.3 Å². The van der Waals surface area contributed by atoms with Crippen LogP contribution >= 0.6 is 0 Å². The number of aromatic nitrogens is 4. The molecule has 116 valence electrons. The molecule has 2 N–H and O–H groups in total. The van der Waals surface area contributed by atoms with Crippen LogP contribution in [0.4, 0.5) is 10.2 Å². The molecule has 1 aliphatic heterocycles. The third-order valence-corrected chi connectivity index (χ3v) is 4.00. The van der Waals surface area contributed by atoms with Gasteiger partial charge in [-0.15, -0.1) is 0 Å². The van der Waals surface area contributed by atoms with Gasteiger partial charge in [0.15, 0.2) is 0 Å². The maximum absolute atomic E-state index is 13.5. The molecular weight excluding hydrogens is 299 g/mol. The zero-order chi connectivity index (χ0) is 16.0. The largest absolute Gasteiger partial charge is 0.366 e. The number of fused-ring (bicyclic) bond motifs is 1. The Hall–Kier alpha value is -3.03. The van der Waals surface area contributed by atoms with Gasteiger partial charge in [0.2, 0.25) is 0 Å². The van der Waals surface area contributed by atoms with Crippen molar-refractivity contribution in [2.45, 2.75) is 6.04 Å². The fraction of sp³-hybridized carbons (Fsp3) is 0.200. The quantitative estimate of drug-likeness (QED) is 0.783. The fourth-order valence-electron chi connectivity index (χ4n) is 2.73. The van der Waals surface area contributed by atoms with E-state index in [2.05, 4.69) is 15.1 Å². The van der Waals surface area contributed by atoms with Crippen molar-refractivity contribution in [3.8, 4) is 0 Å². The molecule has 1 amide bonds. The van der Waals surface area contributed by atoms with Crippen LogP contribution in [0.25, 0.3) is 10.9 Å². The second-order valence-corrected chi connectivity index (χ2v) is 5.49. The molecule has 0 radical (unpaired) electrons. The lowest BCUT2D eigenvalue weighted by Crippen LogP contribution is -2.48. The van der Waals surface area contributed by atoms with E-state index in [0.717, 1.165) is 0 Å². The van der Waals surface area contributed by atoms with E-state index in [1.54, 1.807) is 16.9 Å². The van der Waals surface area contributed by atoms with Crippen LogP contribution in [0.15, 0.2) is 36.9 Å². The van der Waals surface area contributed by atoms with E-state index in [9.17, 15) is 9.18 Å². The van der Waals surface area contributed by atoms with E-state index in [1.165, 1.54) is 24.7 Å². The van der Waals surface area contributed by atoms with Gasteiger partial charge in [-0.05, 0) is 18.2 Å². The van der Waals surface area contributed by atoms with Crippen molar-refractivity contribution in [2.24, 2.45) is 5.73 Å². The number of carbonyl (C=O) groups excluding carboxylic acids is 1. The van der Waals surface area contributed by atoms with Gasteiger partial charge in [0, 0.05) is 24.7 Å². The minimum Gasteiger partial charge on any atom is -0.366 e. The van der Waals surface area contributed by atoms with Gasteiger partial charge in [-0.3, -0.25) is 9.48 Å². The number of amides is 1. The highest BCUT2D eigenvalue weighted by molar-refractivity contribution is 5.92. The Kier molecular flexibility index (Phi) is 2.97. The molecule has 1 saturated heterocycles. The van der Waals surface area contributed by atoms with Gasteiger partial charge >= 0.3 is 0 Å². The molecule has 4 rings (SSSR count). The Morgan fingerprint density at radius 3 is 2.87 bits per heavy atom. The molecule has 1 aliphatic rings. The highest BCUT2D eigenvalue weighted by Crippen LogP contribution is 2.31. The van der Waals surface area contributed by atoms with Gasteiger partial charge in [0.05, 0.1) is 23.3 Å². The van der Waals surface area contributed by atoms with Gasteiger partial charge in [-0.2, -0.15) is 5.10 Å². The zero-order valence-corrected chi connectivity index (χ0v) is 12.1. The molecule has 0 atom stereocenters. The minimum atomic E-state index is -0.496. The van der Waals surface area contributed by atoms with Crippen LogP contribution in [0, 0.1) is 5.82 Å². The predicted octanol–water partition coefficient (Wildman–Crippen LogP) is 1.13.